The molecule has 0 spiro atoms. The van der Waals surface area contributed by atoms with Crippen molar-refractivity contribution in [2.45, 2.75) is 39.3 Å². The molecule has 1 saturated heterocycles. The largest absolute Gasteiger partial charge is 0.382 e. The van der Waals surface area contributed by atoms with Gasteiger partial charge in [-0.05, 0) is 43.6 Å². The highest BCUT2D eigenvalue weighted by Gasteiger charge is 2.23. The van der Waals surface area contributed by atoms with Gasteiger partial charge in [0.1, 0.15) is 9.84 Å². The van der Waals surface area contributed by atoms with Gasteiger partial charge in [0.2, 0.25) is 0 Å². The first-order valence-electron chi connectivity index (χ1n) is 7.80. The Morgan fingerprint density at radius 1 is 1.19 bits per heavy atom. The molecule has 0 aliphatic carbocycles. The van der Waals surface area contributed by atoms with Crippen LogP contribution in [0.5, 0.6) is 0 Å². The van der Waals surface area contributed by atoms with Crippen LogP contribution in [0.25, 0.3) is 0 Å². The molecule has 0 unspecified atom stereocenters. The normalized spacial score (nSPS) is 18.8. The fourth-order valence-electron chi connectivity index (χ4n) is 2.73. The first-order valence-corrected chi connectivity index (χ1v) is 9.63. The zero-order chi connectivity index (χ0) is 15.3. The van der Waals surface area contributed by atoms with Gasteiger partial charge in [0.15, 0.2) is 0 Å². The third-order valence-electron chi connectivity index (χ3n) is 4.15. The quantitative estimate of drug-likeness (QED) is 0.877. The second kappa shape index (κ2) is 7.27. The summed E-state index contributed by atoms with van der Waals surface area (Å²) in [6, 6.07) is 8.74. The Kier molecular flexibility index (Phi) is 5.65. The van der Waals surface area contributed by atoms with Crippen molar-refractivity contribution in [1.82, 2.24) is 4.90 Å². The summed E-state index contributed by atoms with van der Waals surface area (Å²) < 4.78 is 22.9. The Hall–Kier alpha value is -1.07. The maximum absolute atomic E-state index is 11.5. The van der Waals surface area contributed by atoms with E-state index in [1.165, 1.54) is 5.56 Å². The number of benzene rings is 1. The van der Waals surface area contributed by atoms with Crippen LogP contribution in [0.1, 0.15) is 32.3 Å². The zero-order valence-electron chi connectivity index (χ0n) is 13.0. The summed E-state index contributed by atoms with van der Waals surface area (Å²) in [5.74, 6) is 0.619. The molecule has 0 radical (unpaired) electrons. The summed E-state index contributed by atoms with van der Waals surface area (Å²) in [4.78, 5) is 2.38. The summed E-state index contributed by atoms with van der Waals surface area (Å²) >= 11 is 0. The molecule has 4 nitrogen and oxygen atoms in total. The van der Waals surface area contributed by atoms with Gasteiger partial charge in [-0.3, -0.25) is 4.90 Å². The number of hydrogen-bond donors (Lipinski definition) is 1. The van der Waals surface area contributed by atoms with Gasteiger partial charge in [0.25, 0.3) is 0 Å². The van der Waals surface area contributed by atoms with Crippen LogP contribution in [0.2, 0.25) is 0 Å². The van der Waals surface area contributed by atoms with Crippen LogP contribution in [-0.4, -0.2) is 44.0 Å². The van der Waals surface area contributed by atoms with Crippen LogP contribution in [-0.2, 0) is 16.4 Å². The number of nitrogens with zero attached hydrogens (tertiary/aromatic N) is 1. The molecule has 1 aromatic carbocycles. The first-order chi connectivity index (χ1) is 10.0. The maximum atomic E-state index is 11.5. The van der Waals surface area contributed by atoms with Crippen molar-refractivity contribution in [3.8, 4) is 0 Å². The number of sulfone groups is 1. The highest BCUT2D eigenvalue weighted by atomic mass is 32.2. The Balaban J connectivity index is 1.95. The van der Waals surface area contributed by atoms with Gasteiger partial charge in [0.05, 0.1) is 11.5 Å². The molecule has 1 aliphatic rings. The molecule has 0 bridgehead atoms. The molecular weight excluding hydrogens is 284 g/mol. The molecule has 0 atom stereocenters. The highest BCUT2D eigenvalue weighted by Crippen LogP contribution is 2.19. The Morgan fingerprint density at radius 2 is 1.86 bits per heavy atom. The Morgan fingerprint density at radius 3 is 2.48 bits per heavy atom. The number of nitrogens with one attached hydrogen (secondary N) is 1. The van der Waals surface area contributed by atoms with Crippen molar-refractivity contribution in [3.63, 3.8) is 0 Å². The van der Waals surface area contributed by atoms with Gasteiger partial charge >= 0.3 is 0 Å². The topological polar surface area (TPSA) is 49.4 Å². The van der Waals surface area contributed by atoms with E-state index in [4.69, 9.17) is 0 Å². The molecule has 1 aromatic rings. The molecule has 118 valence electrons. The SMILES string of the molecule is CCN(CC)Cc1cccc(NC2CCS(=O)(=O)CC2)c1. The standard InChI is InChI=1S/C16H26N2O2S/c1-3-18(4-2)13-14-6-5-7-16(12-14)17-15-8-10-21(19,20)11-9-15/h5-7,12,15,17H,3-4,8-11,13H2,1-2H3. The lowest BCUT2D eigenvalue weighted by atomic mass is 10.1. The lowest BCUT2D eigenvalue weighted by Gasteiger charge is -2.24. The van der Waals surface area contributed by atoms with Gasteiger partial charge in [0, 0.05) is 18.3 Å². The summed E-state index contributed by atoms with van der Waals surface area (Å²) in [7, 11) is -2.79. The average Bonchev–Trinajstić information content (AvgIpc) is 2.47. The van der Waals surface area contributed by atoms with Crippen LogP contribution < -0.4 is 5.32 Å². The van der Waals surface area contributed by atoms with Crippen LogP contribution in [0.15, 0.2) is 24.3 Å². The van der Waals surface area contributed by atoms with Gasteiger partial charge in [-0.1, -0.05) is 26.0 Å². The lowest BCUT2D eigenvalue weighted by molar-refractivity contribution is 0.296. The van der Waals surface area contributed by atoms with E-state index in [2.05, 4.69) is 48.3 Å². The second-order valence-corrected chi connectivity index (χ2v) is 8.04. The van der Waals surface area contributed by atoms with Gasteiger partial charge in [-0.15, -0.1) is 0 Å². The Labute approximate surface area is 128 Å². The molecule has 1 N–H and O–H groups in total. The van der Waals surface area contributed by atoms with Gasteiger partial charge in [-0.2, -0.15) is 0 Å². The third-order valence-corrected chi connectivity index (χ3v) is 5.87. The van der Waals surface area contributed by atoms with E-state index in [-0.39, 0.29) is 6.04 Å². The van der Waals surface area contributed by atoms with Crippen molar-refractivity contribution in [3.05, 3.63) is 29.8 Å². The van der Waals surface area contributed by atoms with E-state index in [0.29, 0.717) is 24.3 Å². The van der Waals surface area contributed by atoms with Gasteiger partial charge in [-0.25, -0.2) is 8.42 Å². The Bertz CT molecular complexity index is 539. The smallest absolute Gasteiger partial charge is 0.150 e. The van der Waals surface area contributed by atoms with Crippen molar-refractivity contribution in [2.24, 2.45) is 0 Å². The van der Waals surface area contributed by atoms with Crippen molar-refractivity contribution < 1.29 is 8.42 Å². The summed E-state index contributed by atoms with van der Waals surface area (Å²) in [5.41, 5.74) is 2.40. The van der Waals surface area contributed by atoms with Crippen molar-refractivity contribution in [2.75, 3.05) is 29.9 Å². The predicted molar refractivity (Wildman–Crippen MR) is 88.4 cm³/mol. The van der Waals surface area contributed by atoms with E-state index >= 15 is 0 Å². The zero-order valence-corrected chi connectivity index (χ0v) is 13.8. The van der Waals surface area contributed by atoms with Crippen molar-refractivity contribution in [1.29, 1.82) is 0 Å². The molecule has 1 heterocycles. The molecule has 0 amide bonds. The maximum Gasteiger partial charge on any atom is 0.150 e. The van der Waals surface area contributed by atoms with E-state index in [0.717, 1.165) is 25.3 Å². The number of hydrogen-bond acceptors (Lipinski definition) is 4. The fourth-order valence-corrected chi connectivity index (χ4v) is 4.23. The molecule has 1 aliphatic heterocycles. The molecule has 0 aromatic heterocycles. The van der Waals surface area contributed by atoms with Crippen LogP contribution in [0.3, 0.4) is 0 Å². The molecular formula is C16H26N2O2S. The molecule has 21 heavy (non-hydrogen) atoms. The summed E-state index contributed by atoms with van der Waals surface area (Å²) in [5, 5.41) is 3.49. The predicted octanol–water partition coefficient (Wildman–Crippen LogP) is 2.52. The van der Waals surface area contributed by atoms with E-state index < -0.39 is 9.84 Å². The van der Waals surface area contributed by atoms with E-state index in [1.807, 2.05) is 0 Å². The molecule has 1 fully saturated rings. The minimum atomic E-state index is -2.79. The fraction of sp³-hybridized carbons (Fsp3) is 0.625. The highest BCUT2D eigenvalue weighted by molar-refractivity contribution is 7.91. The van der Waals surface area contributed by atoms with Crippen LogP contribution >= 0.6 is 0 Å². The summed E-state index contributed by atoms with van der Waals surface area (Å²) in [6.07, 6.45) is 1.42. The van der Waals surface area contributed by atoms with Crippen LogP contribution in [0, 0.1) is 0 Å². The van der Waals surface area contributed by atoms with Gasteiger partial charge < -0.3 is 5.32 Å². The third kappa shape index (κ3) is 5.00. The number of rotatable bonds is 6. The van der Waals surface area contributed by atoms with Crippen molar-refractivity contribution >= 4 is 15.5 Å². The molecule has 0 saturated carbocycles. The minimum Gasteiger partial charge on any atom is -0.382 e. The average molecular weight is 310 g/mol. The van der Waals surface area contributed by atoms with Crippen LogP contribution in [0.4, 0.5) is 5.69 Å². The first kappa shape index (κ1) is 16.3. The monoisotopic (exact) mass is 310 g/mol. The van der Waals surface area contributed by atoms with E-state index in [9.17, 15) is 8.42 Å². The second-order valence-electron chi connectivity index (χ2n) is 5.73. The lowest BCUT2D eigenvalue weighted by Crippen LogP contribution is -2.32. The number of anilines is 1. The molecule has 5 heteroatoms. The van der Waals surface area contributed by atoms with E-state index in [1.54, 1.807) is 0 Å². The summed E-state index contributed by atoms with van der Waals surface area (Å²) in [6.45, 7) is 7.41. The minimum absolute atomic E-state index is 0.275. The molecule has 2 rings (SSSR count).